The number of pyridine rings is 1. The van der Waals surface area contributed by atoms with E-state index in [1.165, 1.54) is 12.8 Å². The number of piperidine rings is 1. The number of nitrogens with one attached hydrogen (secondary N) is 1. The Morgan fingerprint density at radius 3 is 2.28 bits per heavy atom. The second kappa shape index (κ2) is 14.6. The summed E-state index contributed by atoms with van der Waals surface area (Å²) < 4.78 is 34.4. The van der Waals surface area contributed by atoms with Crippen molar-refractivity contribution in [3.05, 3.63) is 94.4 Å². The SMILES string of the molecule is Cc1c(Nc2nc(C(F)F)nc3cc(CN4CCCC4)cnc23)cccc1-c1cccc(-c2nc3cc(CN4CCC(C)CC4)cc(C#N)c3o2)c1C. The number of anilines is 2. The maximum Gasteiger partial charge on any atom is 0.297 e. The number of halogens is 2. The maximum atomic E-state index is 14.1. The smallest absolute Gasteiger partial charge is 0.297 e. The summed E-state index contributed by atoms with van der Waals surface area (Å²) in [5.74, 6) is 0.897. The van der Waals surface area contributed by atoms with Crippen LogP contribution in [0.25, 0.3) is 44.7 Å². The Balaban J connectivity index is 1.11. The molecule has 0 aliphatic carbocycles. The third-order valence-corrected chi connectivity index (χ3v) is 10.8. The number of benzene rings is 3. The van der Waals surface area contributed by atoms with Crippen molar-refractivity contribution in [2.75, 3.05) is 31.5 Å². The highest BCUT2D eigenvalue weighted by Crippen LogP contribution is 2.38. The molecule has 0 bridgehead atoms. The van der Waals surface area contributed by atoms with Gasteiger partial charge in [0.25, 0.3) is 6.43 Å². The molecular weight excluding hydrogens is 671 g/mol. The van der Waals surface area contributed by atoms with Crippen LogP contribution < -0.4 is 5.32 Å². The average molecular weight is 713 g/mol. The zero-order chi connectivity index (χ0) is 36.6. The van der Waals surface area contributed by atoms with Gasteiger partial charge in [-0.05, 0) is 135 Å². The quantitative estimate of drug-likeness (QED) is 0.157. The first-order chi connectivity index (χ1) is 25.7. The summed E-state index contributed by atoms with van der Waals surface area (Å²) in [5.41, 5.74) is 9.78. The number of aromatic nitrogens is 4. The van der Waals surface area contributed by atoms with Crippen molar-refractivity contribution in [3.8, 4) is 28.7 Å². The molecular formula is C42H42F2N8O. The van der Waals surface area contributed by atoms with Crippen LogP contribution in [0.3, 0.4) is 0 Å². The van der Waals surface area contributed by atoms with Crippen LogP contribution in [0.5, 0.6) is 0 Å². The lowest BCUT2D eigenvalue weighted by Gasteiger charge is -2.30. The fraction of sp³-hybridized carbons (Fsp3) is 0.357. The molecule has 11 heteroatoms. The number of fused-ring (bicyclic) bond motifs is 2. The van der Waals surface area contributed by atoms with Crippen molar-refractivity contribution >= 4 is 33.6 Å². The van der Waals surface area contributed by atoms with Crippen molar-refractivity contribution in [2.24, 2.45) is 5.92 Å². The van der Waals surface area contributed by atoms with E-state index in [0.717, 1.165) is 90.4 Å². The molecule has 53 heavy (non-hydrogen) atoms. The molecule has 0 atom stereocenters. The lowest BCUT2D eigenvalue weighted by atomic mass is 9.93. The highest BCUT2D eigenvalue weighted by atomic mass is 19.3. The van der Waals surface area contributed by atoms with Crippen LogP contribution in [0.15, 0.2) is 65.2 Å². The van der Waals surface area contributed by atoms with Gasteiger partial charge in [0.1, 0.15) is 17.1 Å². The van der Waals surface area contributed by atoms with Crippen molar-refractivity contribution in [3.63, 3.8) is 0 Å². The molecule has 0 amide bonds. The highest BCUT2D eigenvalue weighted by Gasteiger charge is 2.22. The number of nitriles is 1. The zero-order valence-electron chi connectivity index (χ0n) is 30.3. The van der Waals surface area contributed by atoms with Gasteiger partial charge in [-0.15, -0.1) is 0 Å². The summed E-state index contributed by atoms with van der Waals surface area (Å²) in [6.07, 6.45) is 3.65. The molecule has 0 saturated carbocycles. The molecule has 2 aliphatic rings. The Hall–Kier alpha value is -5.31. The fourth-order valence-corrected chi connectivity index (χ4v) is 7.76. The number of alkyl halides is 2. The molecule has 0 radical (unpaired) electrons. The van der Waals surface area contributed by atoms with Gasteiger partial charge in [-0.25, -0.2) is 23.7 Å². The Bertz CT molecular complexity index is 2350. The molecule has 2 fully saturated rings. The second-order valence-corrected chi connectivity index (χ2v) is 14.6. The monoisotopic (exact) mass is 712 g/mol. The Labute approximate surface area is 307 Å². The number of oxazole rings is 1. The molecule has 1 N–H and O–H groups in total. The first-order valence-electron chi connectivity index (χ1n) is 18.4. The highest BCUT2D eigenvalue weighted by molar-refractivity contribution is 5.90. The molecule has 6 aromatic rings. The minimum atomic E-state index is -2.83. The lowest BCUT2D eigenvalue weighted by molar-refractivity contribution is 0.141. The van der Waals surface area contributed by atoms with Gasteiger partial charge in [0.05, 0.1) is 11.1 Å². The van der Waals surface area contributed by atoms with E-state index in [1.54, 1.807) is 6.20 Å². The van der Waals surface area contributed by atoms with Crippen LogP contribution in [0.4, 0.5) is 20.3 Å². The minimum Gasteiger partial charge on any atom is -0.435 e. The van der Waals surface area contributed by atoms with Gasteiger partial charge in [0.2, 0.25) is 5.89 Å². The zero-order valence-corrected chi connectivity index (χ0v) is 30.3. The molecule has 5 heterocycles. The average Bonchev–Trinajstić information content (AvgIpc) is 3.83. The van der Waals surface area contributed by atoms with E-state index in [4.69, 9.17) is 9.40 Å². The first-order valence-corrected chi connectivity index (χ1v) is 18.4. The predicted octanol–water partition coefficient (Wildman–Crippen LogP) is 9.50. The van der Waals surface area contributed by atoms with E-state index in [9.17, 15) is 14.0 Å². The van der Waals surface area contributed by atoms with E-state index >= 15 is 0 Å². The molecule has 0 spiro atoms. The molecule has 2 aliphatic heterocycles. The van der Waals surface area contributed by atoms with Gasteiger partial charge in [-0.3, -0.25) is 14.8 Å². The Morgan fingerprint density at radius 1 is 0.849 bits per heavy atom. The van der Waals surface area contributed by atoms with Gasteiger partial charge >= 0.3 is 0 Å². The van der Waals surface area contributed by atoms with Crippen LogP contribution in [0.2, 0.25) is 0 Å². The summed E-state index contributed by atoms with van der Waals surface area (Å²) >= 11 is 0. The van der Waals surface area contributed by atoms with Crippen LogP contribution in [-0.4, -0.2) is 55.9 Å². The molecule has 3 aromatic carbocycles. The van der Waals surface area contributed by atoms with E-state index < -0.39 is 12.2 Å². The lowest BCUT2D eigenvalue weighted by Crippen LogP contribution is -2.32. The van der Waals surface area contributed by atoms with E-state index in [1.807, 2.05) is 68.4 Å². The van der Waals surface area contributed by atoms with Crippen molar-refractivity contribution in [1.29, 1.82) is 5.26 Å². The van der Waals surface area contributed by atoms with E-state index in [0.29, 0.717) is 45.8 Å². The largest absolute Gasteiger partial charge is 0.435 e. The number of rotatable bonds is 9. The van der Waals surface area contributed by atoms with Gasteiger partial charge in [0.15, 0.2) is 17.2 Å². The summed E-state index contributed by atoms with van der Waals surface area (Å²) in [6, 6.07) is 20.0. The van der Waals surface area contributed by atoms with E-state index in [-0.39, 0.29) is 5.82 Å². The van der Waals surface area contributed by atoms with Crippen LogP contribution in [-0.2, 0) is 13.1 Å². The molecule has 9 nitrogen and oxygen atoms in total. The van der Waals surface area contributed by atoms with Crippen molar-refractivity contribution in [2.45, 2.75) is 66.0 Å². The van der Waals surface area contributed by atoms with Crippen LogP contribution >= 0.6 is 0 Å². The third-order valence-electron chi connectivity index (χ3n) is 10.8. The summed E-state index contributed by atoms with van der Waals surface area (Å²) in [4.78, 5) is 22.8. The summed E-state index contributed by atoms with van der Waals surface area (Å²) in [5, 5.41) is 13.4. The van der Waals surface area contributed by atoms with Crippen LogP contribution in [0.1, 0.15) is 72.7 Å². The first kappa shape index (κ1) is 34.8. The van der Waals surface area contributed by atoms with E-state index in [2.05, 4.69) is 43.1 Å². The topological polar surface area (TPSA) is 107 Å². The number of hydrogen-bond donors (Lipinski definition) is 1. The minimum absolute atomic E-state index is 0.234. The second-order valence-electron chi connectivity index (χ2n) is 14.6. The number of nitrogens with zero attached hydrogens (tertiary/aromatic N) is 7. The Kier molecular flexibility index (Phi) is 9.58. The molecule has 3 aromatic heterocycles. The summed E-state index contributed by atoms with van der Waals surface area (Å²) in [6.45, 7) is 12.0. The van der Waals surface area contributed by atoms with Crippen molar-refractivity contribution in [1.82, 2.24) is 29.7 Å². The third kappa shape index (κ3) is 7.09. The van der Waals surface area contributed by atoms with Gasteiger partial charge < -0.3 is 9.73 Å². The Morgan fingerprint density at radius 2 is 1.53 bits per heavy atom. The normalized spacial score (nSPS) is 15.9. The number of hydrogen-bond acceptors (Lipinski definition) is 9. The summed E-state index contributed by atoms with van der Waals surface area (Å²) in [7, 11) is 0. The maximum absolute atomic E-state index is 14.1. The van der Waals surface area contributed by atoms with Crippen molar-refractivity contribution < 1.29 is 13.2 Å². The van der Waals surface area contributed by atoms with Crippen LogP contribution in [0, 0.1) is 31.1 Å². The predicted molar refractivity (Wildman–Crippen MR) is 203 cm³/mol. The molecule has 2 saturated heterocycles. The standard InChI is InChI=1S/C42H42F2N8O/c1-25-12-16-52(17-13-25)23-28-18-30(21-45)38-36(19-28)49-42(53-38)33-10-6-8-31(26(33)2)32-9-7-11-34(27(32)3)47-40-37-35(48-41(50-40)39(43)44)20-29(22-46-37)24-51-14-4-5-15-51/h6-11,18-20,22,25,39H,4-5,12-17,23-24H2,1-3H3,(H,47,48,50). The molecule has 8 rings (SSSR count). The van der Waals surface area contributed by atoms with Gasteiger partial charge in [0, 0.05) is 30.5 Å². The molecule has 0 unspecified atom stereocenters. The molecule has 270 valence electrons. The van der Waals surface area contributed by atoms with Gasteiger partial charge in [-0.1, -0.05) is 31.2 Å². The van der Waals surface area contributed by atoms with Gasteiger partial charge in [-0.2, -0.15) is 5.26 Å². The number of likely N-dealkylation sites (tertiary alicyclic amines) is 2. The fourth-order valence-electron chi connectivity index (χ4n) is 7.76.